The van der Waals surface area contributed by atoms with Crippen LogP contribution < -0.4 is 5.73 Å². The summed E-state index contributed by atoms with van der Waals surface area (Å²) in [7, 11) is 0. The van der Waals surface area contributed by atoms with Crippen LogP contribution in [0.2, 0.25) is 0 Å². The first-order valence-corrected chi connectivity index (χ1v) is 6.94. The molecule has 0 saturated heterocycles. The van der Waals surface area contributed by atoms with Gasteiger partial charge in [0.2, 0.25) is 5.91 Å². The fraction of sp³-hybridized carbons (Fsp3) is 0.867. The number of ketones is 1. The van der Waals surface area contributed by atoms with Gasteiger partial charge in [0.15, 0.2) is 0 Å². The maximum Gasteiger partial charge on any atom is 0.221 e. The lowest BCUT2D eigenvalue weighted by Gasteiger charge is -2.30. The van der Waals surface area contributed by atoms with Crippen LogP contribution in [-0.2, 0) is 9.59 Å². The molecule has 0 aliphatic heterocycles. The third kappa shape index (κ3) is 4.11. The van der Waals surface area contributed by atoms with Crippen LogP contribution in [0.1, 0.15) is 48.5 Å². The number of hydrogen-bond donors (Lipinski definition) is 1. The van der Waals surface area contributed by atoms with Gasteiger partial charge in [-0.25, -0.2) is 0 Å². The molecule has 3 nitrogen and oxygen atoms in total. The zero-order valence-corrected chi connectivity index (χ0v) is 12.9. The molecule has 0 aromatic rings. The van der Waals surface area contributed by atoms with Crippen molar-refractivity contribution in [2.45, 2.75) is 48.5 Å². The van der Waals surface area contributed by atoms with Crippen molar-refractivity contribution in [3.8, 4) is 0 Å². The van der Waals surface area contributed by atoms with Crippen LogP contribution in [0.15, 0.2) is 0 Å². The molecule has 0 spiro atoms. The van der Waals surface area contributed by atoms with Crippen molar-refractivity contribution in [1.82, 2.24) is 0 Å². The molecular formula is C15H29NO2. The first kappa shape index (κ1) is 17.1. The summed E-state index contributed by atoms with van der Waals surface area (Å²) in [5, 5.41) is 0. The number of primary amides is 1. The second-order valence-electron chi connectivity index (χ2n) is 6.26. The van der Waals surface area contributed by atoms with Gasteiger partial charge in [0.25, 0.3) is 0 Å². The highest BCUT2D eigenvalue weighted by Gasteiger charge is 2.34. The van der Waals surface area contributed by atoms with Crippen molar-refractivity contribution in [2.75, 3.05) is 0 Å². The van der Waals surface area contributed by atoms with Gasteiger partial charge < -0.3 is 5.73 Å². The van der Waals surface area contributed by atoms with E-state index in [2.05, 4.69) is 0 Å². The van der Waals surface area contributed by atoms with Crippen molar-refractivity contribution in [2.24, 2.45) is 41.2 Å². The second kappa shape index (κ2) is 6.91. The Kier molecular flexibility index (Phi) is 6.58. The minimum Gasteiger partial charge on any atom is -0.369 e. The van der Waals surface area contributed by atoms with Crippen molar-refractivity contribution in [1.29, 1.82) is 0 Å². The Hall–Kier alpha value is -0.860. The lowest BCUT2D eigenvalue weighted by atomic mass is 9.73. The number of carbonyl (C=O) groups excluding carboxylic acids is 2. The van der Waals surface area contributed by atoms with E-state index < -0.39 is 0 Å². The summed E-state index contributed by atoms with van der Waals surface area (Å²) in [6.07, 6.45) is 0. The predicted molar refractivity (Wildman–Crippen MR) is 74.9 cm³/mol. The molecule has 2 N–H and O–H groups in total. The molecule has 3 heteroatoms. The number of hydrogen-bond acceptors (Lipinski definition) is 2. The van der Waals surface area contributed by atoms with Crippen LogP contribution in [0.3, 0.4) is 0 Å². The van der Waals surface area contributed by atoms with E-state index in [-0.39, 0.29) is 41.3 Å². The number of carbonyl (C=O) groups is 2. The number of rotatable bonds is 7. The summed E-state index contributed by atoms with van der Waals surface area (Å²) < 4.78 is 0. The first-order valence-electron chi connectivity index (χ1n) is 6.94. The van der Waals surface area contributed by atoms with Crippen molar-refractivity contribution in [3.05, 3.63) is 0 Å². The van der Waals surface area contributed by atoms with Crippen molar-refractivity contribution < 1.29 is 9.59 Å². The van der Waals surface area contributed by atoms with E-state index in [0.717, 1.165) is 0 Å². The summed E-state index contributed by atoms with van der Waals surface area (Å²) in [6, 6.07) is 0. The quantitative estimate of drug-likeness (QED) is 0.760. The molecule has 0 saturated carbocycles. The zero-order chi connectivity index (χ0) is 14.6. The molecule has 106 valence electrons. The normalized spacial score (nSPS) is 18.5. The number of nitrogens with two attached hydrogens (primary N) is 1. The highest BCUT2D eigenvalue weighted by Crippen LogP contribution is 2.30. The van der Waals surface area contributed by atoms with Crippen LogP contribution in [0.25, 0.3) is 0 Å². The molecule has 0 bridgehead atoms. The van der Waals surface area contributed by atoms with Gasteiger partial charge in [-0.1, -0.05) is 48.5 Å². The zero-order valence-electron chi connectivity index (χ0n) is 12.9. The molecule has 0 aromatic heterocycles. The summed E-state index contributed by atoms with van der Waals surface area (Å²) in [6.45, 7) is 13.9. The highest BCUT2D eigenvalue weighted by atomic mass is 16.1. The van der Waals surface area contributed by atoms with E-state index in [4.69, 9.17) is 5.73 Å². The van der Waals surface area contributed by atoms with Gasteiger partial charge in [0.1, 0.15) is 5.78 Å². The fourth-order valence-electron chi connectivity index (χ4n) is 2.51. The molecule has 1 amide bonds. The Morgan fingerprint density at radius 2 is 1.22 bits per heavy atom. The topological polar surface area (TPSA) is 60.2 Å². The van der Waals surface area contributed by atoms with Crippen molar-refractivity contribution in [3.63, 3.8) is 0 Å². The molecular weight excluding hydrogens is 226 g/mol. The van der Waals surface area contributed by atoms with E-state index in [1.807, 2.05) is 48.5 Å². The maximum atomic E-state index is 12.3. The van der Waals surface area contributed by atoms with Crippen LogP contribution in [0.5, 0.6) is 0 Å². The van der Waals surface area contributed by atoms with Gasteiger partial charge in [-0.3, -0.25) is 9.59 Å². The third-order valence-corrected chi connectivity index (χ3v) is 4.30. The summed E-state index contributed by atoms with van der Waals surface area (Å²) in [4.78, 5) is 23.8. The standard InChI is InChI=1S/C15H29NO2/c1-8(2)10(5)14(17)12(7)11(6)13(9(3)4)15(16)18/h8-13H,1-7H3,(H2,16,18)/t10?,11-,12-,13-/m1/s1. The number of Topliss-reactive ketones (excluding diaryl/α,β-unsaturated/α-hetero) is 1. The SMILES string of the molecule is CC(C)C(C)C(=O)[C@H](C)[C@@H](C)[C@H](C(N)=O)C(C)C. The van der Waals surface area contributed by atoms with E-state index in [1.54, 1.807) is 0 Å². The molecule has 0 aliphatic rings. The average molecular weight is 255 g/mol. The van der Waals surface area contributed by atoms with E-state index in [0.29, 0.717) is 5.92 Å². The molecule has 4 atom stereocenters. The fourth-order valence-corrected chi connectivity index (χ4v) is 2.51. The molecule has 0 radical (unpaired) electrons. The molecule has 0 rings (SSSR count). The lowest BCUT2D eigenvalue weighted by molar-refractivity contribution is -0.132. The minimum absolute atomic E-state index is 0.00352. The molecule has 1 unspecified atom stereocenters. The van der Waals surface area contributed by atoms with Crippen LogP contribution >= 0.6 is 0 Å². The molecule has 18 heavy (non-hydrogen) atoms. The summed E-state index contributed by atoms with van der Waals surface area (Å²) in [5.74, 6) is 0.115. The van der Waals surface area contributed by atoms with Crippen molar-refractivity contribution >= 4 is 11.7 Å². The largest absolute Gasteiger partial charge is 0.369 e. The lowest BCUT2D eigenvalue weighted by Crippen LogP contribution is -2.39. The summed E-state index contributed by atoms with van der Waals surface area (Å²) >= 11 is 0. The Morgan fingerprint density at radius 1 is 0.778 bits per heavy atom. The van der Waals surface area contributed by atoms with Gasteiger partial charge >= 0.3 is 0 Å². The second-order valence-corrected chi connectivity index (χ2v) is 6.26. The Labute approximate surface area is 112 Å². The van der Waals surface area contributed by atoms with Gasteiger partial charge in [-0.15, -0.1) is 0 Å². The molecule has 0 aliphatic carbocycles. The third-order valence-electron chi connectivity index (χ3n) is 4.30. The van der Waals surface area contributed by atoms with Gasteiger partial charge in [0.05, 0.1) is 0 Å². The molecule has 0 aromatic carbocycles. The maximum absolute atomic E-state index is 12.3. The van der Waals surface area contributed by atoms with Crippen LogP contribution in [-0.4, -0.2) is 11.7 Å². The highest BCUT2D eigenvalue weighted by molar-refractivity contribution is 5.84. The van der Waals surface area contributed by atoms with Gasteiger partial charge in [-0.05, 0) is 17.8 Å². The Morgan fingerprint density at radius 3 is 1.50 bits per heavy atom. The van der Waals surface area contributed by atoms with Gasteiger partial charge in [0, 0.05) is 17.8 Å². The Balaban J connectivity index is 4.91. The minimum atomic E-state index is -0.297. The monoisotopic (exact) mass is 255 g/mol. The van der Waals surface area contributed by atoms with Gasteiger partial charge in [-0.2, -0.15) is 0 Å². The van der Waals surface area contributed by atoms with Crippen LogP contribution in [0, 0.1) is 35.5 Å². The average Bonchev–Trinajstić information content (AvgIpc) is 2.24. The molecule has 0 heterocycles. The smallest absolute Gasteiger partial charge is 0.221 e. The first-order chi connectivity index (χ1) is 8.11. The Bertz CT molecular complexity index is 297. The van der Waals surface area contributed by atoms with E-state index in [9.17, 15) is 9.59 Å². The summed E-state index contributed by atoms with van der Waals surface area (Å²) in [5.41, 5.74) is 5.46. The predicted octanol–water partition coefficient (Wildman–Crippen LogP) is 2.88. The van der Waals surface area contributed by atoms with E-state index >= 15 is 0 Å². The number of amides is 1. The van der Waals surface area contributed by atoms with E-state index in [1.165, 1.54) is 0 Å². The molecule has 0 fully saturated rings. The van der Waals surface area contributed by atoms with Crippen LogP contribution in [0.4, 0.5) is 0 Å².